The molecule has 4 aromatic rings. The number of carbonyl (C=O) groups is 1. The van der Waals surface area contributed by atoms with Gasteiger partial charge in [0.2, 0.25) is 5.88 Å². The Balaban J connectivity index is 1.32. The van der Waals surface area contributed by atoms with E-state index in [4.69, 9.17) is 4.74 Å². The lowest BCUT2D eigenvalue weighted by molar-refractivity contribution is 0.0711. The minimum Gasteiger partial charge on any atom is -0.480 e. The van der Waals surface area contributed by atoms with Gasteiger partial charge < -0.3 is 9.64 Å². The first-order chi connectivity index (χ1) is 14.2. The zero-order valence-corrected chi connectivity index (χ0v) is 16.0. The molecule has 1 amide bonds. The van der Waals surface area contributed by atoms with Crippen LogP contribution in [0.25, 0.3) is 16.6 Å². The fraction of sp³-hybridized carbons (Fsp3) is 0.286. The highest BCUT2D eigenvalue weighted by Crippen LogP contribution is 2.28. The van der Waals surface area contributed by atoms with Crippen molar-refractivity contribution < 1.29 is 9.53 Å². The number of nitrogens with zero attached hydrogens (tertiary/aromatic N) is 6. The summed E-state index contributed by atoms with van der Waals surface area (Å²) in [6.07, 6.45) is 3.40. The Morgan fingerprint density at radius 2 is 1.97 bits per heavy atom. The van der Waals surface area contributed by atoms with Crippen molar-refractivity contribution in [2.75, 3.05) is 20.2 Å². The molecule has 3 aromatic heterocycles. The smallest absolute Gasteiger partial charge is 0.253 e. The van der Waals surface area contributed by atoms with E-state index in [-0.39, 0.29) is 11.8 Å². The van der Waals surface area contributed by atoms with Crippen LogP contribution in [-0.4, -0.2) is 55.8 Å². The van der Waals surface area contributed by atoms with Crippen LogP contribution in [0.4, 0.5) is 0 Å². The lowest BCUT2D eigenvalue weighted by Crippen LogP contribution is -2.38. The molecule has 1 aromatic carbocycles. The van der Waals surface area contributed by atoms with Gasteiger partial charge in [-0.05, 0) is 43.2 Å². The normalized spacial score (nSPS) is 15.1. The number of rotatable bonds is 3. The first-order valence-corrected chi connectivity index (χ1v) is 9.63. The first-order valence-electron chi connectivity index (χ1n) is 9.63. The monoisotopic (exact) mass is 388 g/mol. The molecule has 4 heterocycles. The summed E-state index contributed by atoms with van der Waals surface area (Å²) >= 11 is 0. The van der Waals surface area contributed by atoms with E-state index in [1.807, 2.05) is 41.3 Å². The Kier molecular flexibility index (Phi) is 4.31. The highest BCUT2D eigenvalue weighted by Gasteiger charge is 2.28. The highest BCUT2D eigenvalue weighted by molar-refractivity contribution is 5.98. The van der Waals surface area contributed by atoms with Crippen molar-refractivity contribution >= 4 is 22.5 Å². The molecule has 0 unspecified atom stereocenters. The van der Waals surface area contributed by atoms with Crippen LogP contribution in [0.3, 0.4) is 0 Å². The number of hydrogen-bond acceptors (Lipinski definition) is 6. The molecular formula is C21H20N6O2. The van der Waals surface area contributed by atoms with Gasteiger partial charge in [-0.2, -0.15) is 4.52 Å². The summed E-state index contributed by atoms with van der Waals surface area (Å²) in [7, 11) is 1.59. The summed E-state index contributed by atoms with van der Waals surface area (Å²) in [6, 6.07) is 13.1. The summed E-state index contributed by atoms with van der Waals surface area (Å²) < 4.78 is 6.96. The van der Waals surface area contributed by atoms with Crippen LogP contribution in [0.15, 0.2) is 48.7 Å². The van der Waals surface area contributed by atoms with Crippen LogP contribution >= 0.6 is 0 Å². The average molecular weight is 388 g/mol. The van der Waals surface area contributed by atoms with E-state index in [0.717, 1.165) is 29.6 Å². The van der Waals surface area contributed by atoms with Crippen LogP contribution in [0.1, 0.15) is 34.9 Å². The van der Waals surface area contributed by atoms with Crippen molar-refractivity contribution in [1.29, 1.82) is 0 Å². The molecule has 0 aliphatic carbocycles. The van der Waals surface area contributed by atoms with Crippen molar-refractivity contribution in [1.82, 2.24) is 29.7 Å². The Morgan fingerprint density at radius 1 is 1.10 bits per heavy atom. The molecule has 146 valence electrons. The first kappa shape index (κ1) is 17.5. The van der Waals surface area contributed by atoms with Crippen molar-refractivity contribution in [2.24, 2.45) is 0 Å². The van der Waals surface area contributed by atoms with Crippen LogP contribution in [0.2, 0.25) is 0 Å². The van der Waals surface area contributed by atoms with E-state index in [1.165, 1.54) is 0 Å². The quantitative estimate of drug-likeness (QED) is 0.536. The molecule has 1 saturated heterocycles. The third-order valence-corrected chi connectivity index (χ3v) is 5.47. The average Bonchev–Trinajstić information content (AvgIpc) is 3.21. The molecule has 8 nitrogen and oxygen atoms in total. The number of ether oxygens (including phenoxy) is 1. The molecule has 1 fully saturated rings. The van der Waals surface area contributed by atoms with Crippen LogP contribution in [0.5, 0.6) is 5.88 Å². The summed E-state index contributed by atoms with van der Waals surface area (Å²) in [6.45, 7) is 1.35. The van der Waals surface area contributed by atoms with Gasteiger partial charge in [0.25, 0.3) is 5.91 Å². The van der Waals surface area contributed by atoms with Gasteiger partial charge in [-0.3, -0.25) is 9.78 Å². The molecular weight excluding hydrogens is 368 g/mol. The minimum absolute atomic E-state index is 0.0556. The molecule has 29 heavy (non-hydrogen) atoms. The van der Waals surface area contributed by atoms with Gasteiger partial charge in [0.1, 0.15) is 0 Å². The summed E-state index contributed by atoms with van der Waals surface area (Å²) in [5, 5.41) is 14.0. The minimum atomic E-state index is 0.0556. The Labute approximate surface area is 167 Å². The highest BCUT2D eigenvalue weighted by atomic mass is 16.5. The Hall–Kier alpha value is -3.55. The molecule has 0 N–H and O–H groups in total. The Bertz CT molecular complexity index is 1200. The molecule has 1 aliphatic rings. The fourth-order valence-electron chi connectivity index (χ4n) is 3.88. The largest absolute Gasteiger partial charge is 0.480 e. The standard InChI is InChI=1S/C21H20N6O2/c1-29-19-7-6-18-23-24-20(27(18)25-19)14-8-11-26(12-9-14)21(28)16-4-5-17-15(13-16)3-2-10-22-17/h2-7,10,13-14H,8-9,11-12H2,1H3. The predicted molar refractivity (Wildman–Crippen MR) is 107 cm³/mol. The second kappa shape index (κ2) is 7.12. The maximum Gasteiger partial charge on any atom is 0.253 e. The molecule has 5 rings (SSSR count). The molecule has 1 aliphatic heterocycles. The number of carbonyl (C=O) groups excluding carboxylic acids is 1. The molecule has 8 heteroatoms. The lowest BCUT2D eigenvalue weighted by Gasteiger charge is -2.31. The molecule has 0 atom stereocenters. The third-order valence-electron chi connectivity index (χ3n) is 5.47. The zero-order chi connectivity index (χ0) is 19.8. The van der Waals surface area contributed by atoms with E-state index >= 15 is 0 Å². The van der Waals surface area contributed by atoms with E-state index < -0.39 is 0 Å². The van der Waals surface area contributed by atoms with E-state index in [9.17, 15) is 4.79 Å². The number of methoxy groups -OCH3 is 1. The van der Waals surface area contributed by atoms with Crippen molar-refractivity contribution in [3.8, 4) is 5.88 Å². The maximum absolute atomic E-state index is 13.0. The SMILES string of the molecule is COc1ccc2nnc(C3CCN(C(=O)c4ccc5ncccc5c4)CC3)n2n1. The van der Waals surface area contributed by atoms with Crippen molar-refractivity contribution in [3.05, 3.63) is 60.0 Å². The second-order valence-corrected chi connectivity index (χ2v) is 7.18. The van der Waals surface area contributed by atoms with E-state index in [2.05, 4.69) is 20.3 Å². The lowest BCUT2D eigenvalue weighted by atomic mass is 9.95. The summed E-state index contributed by atoms with van der Waals surface area (Å²) in [5.74, 6) is 1.61. The number of benzene rings is 1. The van der Waals surface area contributed by atoms with Crippen molar-refractivity contribution in [3.63, 3.8) is 0 Å². The third kappa shape index (κ3) is 3.16. The fourth-order valence-corrected chi connectivity index (χ4v) is 3.88. The Morgan fingerprint density at radius 3 is 2.79 bits per heavy atom. The van der Waals surface area contributed by atoms with Gasteiger partial charge in [0.05, 0.1) is 12.6 Å². The number of likely N-dealkylation sites (tertiary alicyclic amines) is 1. The molecule has 0 bridgehead atoms. The van der Waals surface area contributed by atoms with Crippen LogP contribution in [0, 0.1) is 0 Å². The van der Waals surface area contributed by atoms with Gasteiger partial charge >= 0.3 is 0 Å². The molecule has 0 radical (unpaired) electrons. The van der Waals surface area contributed by atoms with Crippen molar-refractivity contribution in [2.45, 2.75) is 18.8 Å². The predicted octanol–water partition coefficient (Wildman–Crippen LogP) is 2.70. The number of piperidine rings is 1. The topological polar surface area (TPSA) is 85.5 Å². The van der Waals surface area contributed by atoms with Gasteiger partial charge in [-0.15, -0.1) is 15.3 Å². The number of amides is 1. The van der Waals surface area contributed by atoms with Crippen LogP contribution in [-0.2, 0) is 0 Å². The van der Waals surface area contributed by atoms with E-state index in [1.54, 1.807) is 23.9 Å². The van der Waals surface area contributed by atoms with Gasteiger partial charge in [0.15, 0.2) is 11.5 Å². The maximum atomic E-state index is 13.0. The number of aromatic nitrogens is 5. The number of hydrogen-bond donors (Lipinski definition) is 0. The number of pyridine rings is 1. The molecule has 0 saturated carbocycles. The zero-order valence-electron chi connectivity index (χ0n) is 16.0. The summed E-state index contributed by atoms with van der Waals surface area (Å²) in [5.41, 5.74) is 2.29. The summed E-state index contributed by atoms with van der Waals surface area (Å²) in [4.78, 5) is 19.2. The van der Waals surface area contributed by atoms with Crippen LogP contribution < -0.4 is 4.74 Å². The molecule has 0 spiro atoms. The van der Waals surface area contributed by atoms with E-state index in [0.29, 0.717) is 30.2 Å². The van der Waals surface area contributed by atoms with Gasteiger partial charge in [-0.25, -0.2) is 0 Å². The van der Waals surface area contributed by atoms with Gasteiger partial charge in [-0.1, -0.05) is 6.07 Å². The van der Waals surface area contributed by atoms with Gasteiger partial charge in [0, 0.05) is 42.2 Å². The number of fused-ring (bicyclic) bond motifs is 2. The second-order valence-electron chi connectivity index (χ2n) is 7.18.